The van der Waals surface area contributed by atoms with E-state index >= 15 is 0 Å². The molecule has 6 nitrogen and oxygen atoms in total. The fourth-order valence-electron chi connectivity index (χ4n) is 2.30. The predicted octanol–water partition coefficient (Wildman–Crippen LogP) is 2.07. The van der Waals surface area contributed by atoms with E-state index in [9.17, 15) is 14.9 Å². The van der Waals surface area contributed by atoms with Crippen molar-refractivity contribution in [3.8, 4) is 0 Å². The number of likely N-dealkylation sites (tertiary alicyclic amines) is 1. The molecule has 0 unspecified atom stereocenters. The van der Waals surface area contributed by atoms with Crippen LogP contribution in [0.25, 0.3) is 0 Å². The molecule has 1 heterocycles. The van der Waals surface area contributed by atoms with Crippen molar-refractivity contribution < 1.29 is 9.72 Å². The zero-order valence-electron chi connectivity index (χ0n) is 11.1. The molecule has 0 aliphatic carbocycles. The minimum Gasteiger partial charge on any atom is -0.349 e. The summed E-state index contributed by atoms with van der Waals surface area (Å²) in [5.41, 5.74) is -0.318. The van der Waals surface area contributed by atoms with Crippen LogP contribution in [-0.2, 0) is 0 Å². The molecule has 0 saturated carbocycles. The fourth-order valence-corrected chi connectivity index (χ4v) is 2.54. The lowest BCUT2D eigenvalue weighted by atomic mass is 10.0. The first kappa shape index (κ1) is 14.7. The van der Waals surface area contributed by atoms with Crippen LogP contribution in [0.4, 0.5) is 5.69 Å². The van der Waals surface area contributed by atoms with Crippen LogP contribution >= 0.6 is 11.6 Å². The highest BCUT2D eigenvalue weighted by atomic mass is 35.5. The van der Waals surface area contributed by atoms with Gasteiger partial charge in [-0.3, -0.25) is 14.9 Å². The molecular weight excluding hydrogens is 282 g/mol. The molecule has 1 aliphatic rings. The van der Waals surface area contributed by atoms with Crippen molar-refractivity contribution in [3.05, 3.63) is 38.9 Å². The third kappa shape index (κ3) is 3.26. The summed E-state index contributed by atoms with van der Waals surface area (Å²) in [7, 11) is 2.03. The van der Waals surface area contributed by atoms with Gasteiger partial charge in [0.25, 0.3) is 5.91 Å². The summed E-state index contributed by atoms with van der Waals surface area (Å²) >= 11 is 5.80. The second-order valence-electron chi connectivity index (χ2n) is 4.94. The Morgan fingerprint density at radius 2 is 2.10 bits per heavy atom. The number of hydrogen-bond donors (Lipinski definition) is 1. The highest BCUT2D eigenvalue weighted by Gasteiger charge is 2.26. The number of piperidine rings is 1. The third-order valence-corrected chi connectivity index (χ3v) is 3.77. The van der Waals surface area contributed by atoms with Crippen LogP contribution in [-0.4, -0.2) is 41.9 Å². The first-order valence-corrected chi connectivity index (χ1v) is 6.79. The number of nitrogens with one attached hydrogen (secondary N) is 1. The SMILES string of the molecule is CN1CCC(NC(=O)c2cccc(Cl)c2[N+](=O)[O-])CC1. The lowest BCUT2D eigenvalue weighted by molar-refractivity contribution is -0.385. The molecule has 0 spiro atoms. The summed E-state index contributed by atoms with van der Waals surface area (Å²) in [4.78, 5) is 24.8. The van der Waals surface area contributed by atoms with Gasteiger partial charge in [-0.05, 0) is 45.1 Å². The van der Waals surface area contributed by atoms with Crippen molar-refractivity contribution >= 4 is 23.2 Å². The average Bonchev–Trinajstić information content (AvgIpc) is 2.40. The molecule has 1 aliphatic heterocycles. The third-order valence-electron chi connectivity index (χ3n) is 3.47. The number of rotatable bonds is 3. The number of hydrogen-bond acceptors (Lipinski definition) is 4. The van der Waals surface area contributed by atoms with Crippen molar-refractivity contribution in [3.63, 3.8) is 0 Å². The molecule has 1 aromatic rings. The van der Waals surface area contributed by atoms with E-state index in [1.807, 2.05) is 7.05 Å². The van der Waals surface area contributed by atoms with Crippen LogP contribution in [0.2, 0.25) is 5.02 Å². The summed E-state index contributed by atoms with van der Waals surface area (Å²) in [6, 6.07) is 4.43. The van der Waals surface area contributed by atoms with Gasteiger partial charge in [0.2, 0.25) is 0 Å². The monoisotopic (exact) mass is 297 g/mol. The molecule has 108 valence electrons. The van der Waals surface area contributed by atoms with Gasteiger partial charge >= 0.3 is 5.69 Å². The van der Waals surface area contributed by atoms with Gasteiger partial charge in [0.15, 0.2) is 0 Å². The van der Waals surface area contributed by atoms with Crippen LogP contribution in [0, 0.1) is 10.1 Å². The fraction of sp³-hybridized carbons (Fsp3) is 0.462. The molecule has 20 heavy (non-hydrogen) atoms. The number of amides is 1. The Hall–Kier alpha value is -1.66. The van der Waals surface area contributed by atoms with E-state index in [1.165, 1.54) is 12.1 Å². The van der Waals surface area contributed by atoms with E-state index < -0.39 is 10.8 Å². The number of carbonyl (C=O) groups excluding carboxylic acids is 1. The van der Waals surface area contributed by atoms with Crippen LogP contribution in [0.15, 0.2) is 18.2 Å². The Labute approximate surface area is 121 Å². The largest absolute Gasteiger partial charge is 0.349 e. The van der Waals surface area contributed by atoms with Gasteiger partial charge in [0.1, 0.15) is 10.6 Å². The smallest absolute Gasteiger partial charge is 0.300 e. The van der Waals surface area contributed by atoms with Crippen LogP contribution in [0.3, 0.4) is 0 Å². The van der Waals surface area contributed by atoms with Crippen molar-refractivity contribution in [1.29, 1.82) is 0 Å². The van der Waals surface area contributed by atoms with Gasteiger partial charge in [-0.1, -0.05) is 17.7 Å². The maximum atomic E-state index is 12.2. The van der Waals surface area contributed by atoms with Gasteiger partial charge < -0.3 is 10.2 Å². The standard InChI is InChI=1S/C13H16ClN3O3/c1-16-7-5-9(6-8-16)15-13(18)10-3-2-4-11(14)12(10)17(19)20/h2-4,9H,5-8H2,1H3,(H,15,18). The molecule has 2 rings (SSSR count). The normalized spacial score (nSPS) is 16.9. The quantitative estimate of drug-likeness (QED) is 0.684. The second kappa shape index (κ2) is 6.19. The number of nitrogens with zero attached hydrogens (tertiary/aromatic N) is 2. The first-order valence-electron chi connectivity index (χ1n) is 6.41. The summed E-state index contributed by atoms with van der Waals surface area (Å²) in [6.07, 6.45) is 1.69. The maximum absolute atomic E-state index is 12.2. The Morgan fingerprint density at radius 1 is 1.45 bits per heavy atom. The number of nitro benzene ring substituents is 1. The summed E-state index contributed by atoms with van der Waals surface area (Å²) in [6.45, 7) is 1.81. The molecule has 1 fully saturated rings. The zero-order chi connectivity index (χ0) is 14.7. The number of carbonyl (C=O) groups is 1. The summed E-state index contributed by atoms with van der Waals surface area (Å²) < 4.78 is 0. The van der Waals surface area contributed by atoms with Crippen LogP contribution in [0.1, 0.15) is 23.2 Å². The Bertz CT molecular complexity index is 528. The van der Waals surface area contributed by atoms with Gasteiger partial charge in [-0.15, -0.1) is 0 Å². The predicted molar refractivity (Wildman–Crippen MR) is 76.1 cm³/mol. The molecule has 1 saturated heterocycles. The topological polar surface area (TPSA) is 75.5 Å². The first-order chi connectivity index (χ1) is 9.49. The summed E-state index contributed by atoms with van der Waals surface area (Å²) in [5.74, 6) is -0.436. The number of halogens is 1. The van der Waals surface area contributed by atoms with E-state index in [4.69, 9.17) is 11.6 Å². The Morgan fingerprint density at radius 3 is 2.70 bits per heavy atom. The highest BCUT2D eigenvalue weighted by molar-refractivity contribution is 6.33. The minimum absolute atomic E-state index is 0.0152. The second-order valence-corrected chi connectivity index (χ2v) is 5.35. The lowest BCUT2D eigenvalue weighted by Crippen LogP contribution is -2.43. The average molecular weight is 298 g/mol. The van der Waals surface area contributed by atoms with Gasteiger partial charge in [0, 0.05) is 6.04 Å². The number of para-hydroxylation sites is 1. The minimum atomic E-state index is -0.619. The van der Waals surface area contributed by atoms with Crippen molar-refractivity contribution in [2.45, 2.75) is 18.9 Å². The highest BCUT2D eigenvalue weighted by Crippen LogP contribution is 2.28. The van der Waals surface area contributed by atoms with Crippen LogP contribution < -0.4 is 5.32 Å². The van der Waals surface area contributed by atoms with Crippen molar-refractivity contribution in [2.24, 2.45) is 0 Å². The van der Waals surface area contributed by atoms with E-state index in [-0.39, 0.29) is 22.3 Å². The number of benzene rings is 1. The van der Waals surface area contributed by atoms with Gasteiger partial charge in [-0.25, -0.2) is 0 Å². The molecule has 7 heteroatoms. The molecule has 0 radical (unpaired) electrons. The molecule has 1 aromatic carbocycles. The lowest BCUT2D eigenvalue weighted by Gasteiger charge is -2.29. The van der Waals surface area contributed by atoms with Gasteiger partial charge in [0.05, 0.1) is 4.92 Å². The van der Waals surface area contributed by atoms with Crippen LogP contribution in [0.5, 0.6) is 0 Å². The zero-order valence-corrected chi connectivity index (χ0v) is 11.9. The molecular formula is C13H16ClN3O3. The molecule has 1 N–H and O–H groups in total. The van der Waals surface area contributed by atoms with Crippen molar-refractivity contribution in [1.82, 2.24) is 10.2 Å². The maximum Gasteiger partial charge on any atom is 0.300 e. The Kier molecular flexibility index (Phi) is 4.57. The Balaban J connectivity index is 2.13. The molecule has 0 aromatic heterocycles. The van der Waals surface area contributed by atoms with E-state index in [2.05, 4.69) is 10.2 Å². The van der Waals surface area contributed by atoms with Gasteiger partial charge in [-0.2, -0.15) is 0 Å². The number of nitro groups is 1. The van der Waals surface area contributed by atoms with E-state index in [0.717, 1.165) is 25.9 Å². The van der Waals surface area contributed by atoms with E-state index in [0.29, 0.717) is 0 Å². The molecule has 0 bridgehead atoms. The van der Waals surface area contributed by atoms with Crippen molar-refractivity contribution in [2.75, 3.05) is 20.1 Å². The summed E-state index contributed by atoms with van der Waals surface area (Å²) in [5, 5.41) is 13.8. The molecule has 1 amide bonds. The molecule has 0 atom stereocenters. The van der Waals surface area contributed by atoms with E-state index in [1.54, 1.807) is 6.07 Å².